The van der Waals surface area contributed by atoms with Gasteiger partial charge < -0.3 is 10.6 Å². The topological polar surface area (TPSA) is 71.1 Å². The molecule has 5 heteroatoms. The fourth-order valence-electron chi connectivity index (χ4n) is 3.47. The van der Waals surface area contributed by atoms with Gasteiger partial charge in [0.25, 0.3) is 5.91 Å². The van der Waals surface area contributed by atoms with E-state index in [1.54, 1.807) is 0 Å². The summed E-state index contributed by atoms with van der Waals surface area (Å²) in [6.45, 7) is 4.31. The Morgan fingerprint density at radius 1 is 0.906 bits per heavy atom. The van der Waals surface area contributed by atoms with E-state index in [1.807, 2.05) is 92.7 Å². The van der Waals surface area contributed by atoms with E-state index in [9.17, 15) is 9.59 Å². The van der Waals surface area contributed by atoms with Gasteiger partial charge in [-0.05, 0) is 36.8 Å². The Kier molecular flexibility index (Phi) is 6.26. The molecule has 2 amide bonds. The maximum absolute atomic E-state index is 13.1. The molecule has 0 saturated heterocycles. The van der Waals surface area contributed by atoms with Crippen molar-refractivity contribution in [1.82, 2.24) is 10.3 Å². The van der Waals surface area contributed by atoms with Crippen LogP contribution in [-0.4, -0.2) is 16.8 Å². The maximum Gasteiger partial charge on any atom is 0.252 e. The number of pyridine rings is 1. The minimum Gasteiger partial charge on any atom is -0.348 e. The highest BCUT2D eigenvalue weighted by Crippen LogP contribution is 2.26. The second-order valence-corrected chi connectivity index (χ2v) is 7.72. The maximum atomic E-state index is 13.1. The average Bonchev–Trinajstić information content (AvgIpc) is 2.83. The summed E-state index contributed by atoms with van der Waals surface area (Å²) in [7, 11) is 0. The van der Waals surface area contributed by atoms with E-state index in [1.165, 1.54) is 5.56 Å². The molecule has 4 aromatic rings. The molecule has 0 unspecified atom stereocenters. The lowest BCUT2D eigenvalue weighted by Gasteiger charge is -2.11. The van der Waals surface area contributed by atoms with Crippen LogP contribution in [0.25, 0.3) is 22.2 Å². The van der Waals surface area contributed by atoms with Gasteiger partial charge in [-0.2, -0.15) is 0 Å². The van der Waals surface area contributed by atoms with Crippen LogP contribution in [0.5, 0.6) is 0 Å². The number of benzene rings is 3. The van der Waals surface area contributed by atoms with Crippen molar-refractivity contribution in [3.8, 4) is 11.3 Å². The summed E-state index contributed by atoms with van der Waals surface area (Å²) in [4.78, 5) is 29.5. The normalized spacial score (nSPS) is 10.7. The van der Waals surface area contributed by atoms with Gasteiger partial charge in [0.2, 0.25) is 5.91 Å². The summed E-state index contributed by atoms with van der Waals surface area (Å²) in [6.07, 6.45) is 0.426. The number of para-hydroxylation sites is 1. The predicted molar refractivity (Wildman–Crippen MR) is 128 cm³/mol. The van der Waals surface area contributed by atoms with Crippen LogP contribution in [0, 0.1) is 6.92 Å². The van der Waals surface area contributed by atoms with E-state index >= 15 is 0 Å². The molecule has 3 aromatic carbocycles. The first-order valence-corrected chi connectivity index (χ1v) is 10.7. The number of hydrogen-bond acceptors (Lipinski definition) is 3. The van der Waals surface area contributed by atoms with Gasteiger partial charge in [0.15, 0.2) is 0 Å². The number of hydrogen-bond donors (Lipinski definition) is 2. The largest absolute Gasteiger partial charge is 0.348 e. The molecule has 0 aliphatic rings. The molecular weight excluding hydrogens is 398 g/mol. The van der Waals surface area contributed by atoms with Gasteiger partial charge >= 0.3 is 0 Å². The molecule has 0 fully saturated rings. The zero-order valence-corrected chi connectivity index (χ0v) is 18.2. The van der Waals surface area contributed by atoms with Crippen LogP contribution in [0.3, 0.4) is 0 Å². The summed E-state index contributed by atoms with van der Waals surface area (Å²) in [5, 5.41) is 6.68. The van der Waals surface area contributed by atoms with Gasteiger partial charge in [-0.25, -0.2) is 4.98 Å². The van der Waals surface area contributed by atoms with E-state index in [-0.39, 0.29) is 11.8 Å². The van der Waals surface area contributed by atoms with Gasteiger partial charge in [-0.15, -0.1) is 0 Å². The summed E-state index contributed by atoms with van der Waals surface area (Å²) in [6, 6.07) is 25.1. The molecule has 0 spiro atoms. The SMILES string of the molecule is CCC(=O)Nc1ccc(-c2cc(C(=O)NCc3ccc(C)cc3)c3ccccc3n2)cc1. The van der Waals surface area contributed by atoms with Crippen LogP contribution >= 0.6 is 0 Å². The van der Waals surface area contributed by atoms with Crippen LogP contribution in [0.4, 0.5) is 5.69 Å². The van der Waals surface area contributed by atoms with Gasteiger partial charge in [0.05, 0.1) is 16.8 Å². The molecule has 2 N–H and O–H groups in total. The fraction of sp³-hybridized carbons (Fsp3) is 0.148. The van der Waals surface area contributed by atoms with Crippen molar-refractivity contribution in [2.24, 2.45) is 0 Å². The monoisotopic (exact) mass is 423 g/mol. The highest BCUT2D eigenvalue weighted by molar-refractivity contribution is 6.07. The van der Waals surface area contributed by atoms with Crippen LogP contribution in [0.2, 0.25) is 0 Å². The Labute approximate surface area is 187 Å². The van der Waals surface area contributed by atoms with Crippen molar-refractivity contribution in [2.45, 2.75) is 26.8 Å². The van der Waals surface area contributed by atoms with Crippen LogP contribution in [0.1, 0.15) is 34.8 Å². The number of rotatable bonds is 6. The van der Waals surface area contributed by atoms with Crippen LogP contribution in [0.15, 0.2) is 78.9 Å². The molecular formula is C27H25N3O2. The number of aromatic nitrogens is 1. The molecule has 0 saturated carbocycles. The number of carbonyl (C=O) groups is 2. The van der Waals surface area contributed by atoms with E-state index in [0.717, 1.165) is 27.7 Å². The van der Waals surface area contributed by atoms with Gasteiger partial charge in [0, 0.05) is 29.6 Å². The van der Waals surface area contributed by atoms with Crippen molar-refractivity contribution in [3.05, 3.63) is 95.6 Å². The third-order valence-electron chi connectivity index (χ3n) is 5.32. The van der Waals surface area contributed by atoms with Crippen LogP contribution < -0.4 is 10.6 Å². The van der Waals surface area contributed by atoms with Crippen LogP contribution in [-0.2, 0) is 11.3 Å². The quantitative estimate of drug-likeness (QED) is 0.431. The number of nitrogens with zero attached hydrogens (tertiary/aromatic N) is 1. The van der Waals surface area contributed by atoms with Gasteiger partial charge in [0.1, 0.15) is 0 Å². The van der Waals surface area contributed by atoms with Gasteiger partial charge in [-0.1, -0.05) is 67.1 Å². The number of carbonyl (C=O) groups excluding carboxylic acids is 2. The number of aryl methyl sites for hydroxylation is 1. The van der Waals surface area contributed by atoms with Gasteiger partial charge in [-0.3, -0.25) is 9.59 Å². The standard InChI is InChI=1S/C27H25N3O2/c1-3-26(31)29-21-14-12-20(13-15-21)25-16-23(22-6-4-5-7-24(22)30-25)27(32)28-17-19-10-8-18(2)9-11-19/h4-16H,3,17H2,1-2H3,(H,28,32)(H,29,31). The predicted octanol–water partition coefficient (Wildman–Crippen LogP) is 5.49. The number of nitrogens with one attached hydrogen (secondary N) is 2. The number of fused-ring (bicyclic) bond motifs is 1. The molecule has 4 rings (SSSR count). The minimum atomic E-state index is -0.141. The van der Waals surface area contributed by atoms with E-state index in [2.05, 4.69) is 10.6 Å². The summed E-state index contributed by atoms with van der Waals surface area (Å²) >= 11 is 0. The molecule has 0 aliphatic heterocycles. The van der Waals surface area contributed by atoms with Crippen molar-refractivity contribution in [2.75, 3.05) is 5.32 Å². The number of anilines is 1. The summed E-state index contributed by atoms with van der Waals surface area (Å²) < 4.78 is 0. The first-order chi connectivity index (χ1) is 15.5. The molecule has 0 atom stereocenters. The third-order valence-corrected chi connectivity index (χ3v) is 5.32. The molecule has 1 heterocycles. The highest BCUT2D eigenvalue weighted by Gasteiger charge is 2.14. The lowest BCUT2D eigenvalue weighted by Crippen LogP contribution is -2.23. The molecule has 5 nitrogen and oxygen atoms in total. The van der Waals surface area contributed by atoms with E-state index < -0.39 is 0 Å². The Balaban J connectivity index is 1.63. The Bertz CT molecular complexity index is 1260. The summed E-state index contributed by atoms with van der Waals surface area (Å²) in [5.74, 6) is -0.175. The van der Waals surface area contributed by atoms with Crippen molar-refractivity contribution in [3.63, 3.8) is 0 Å². The second-order valence-electron chi connectivity index (χ2n) is 7.72. The van der Waals surface area contributed by atoms with E-state index in [4.69, 9.17) is 4.98 Å². The second kappa shape index (κ2) is 9.43. The molecule has 0 radical (unpaired) electrons. The van der Waals surface area contributed by atoms with Crippen molar-refractivity contribution >= 4 is 28.4 Å². The van der Waals surface area contributed by atoms with Crippen molar-refractivity contribution < 1.29 is 9.59 Å². The fourth-order valence-corrected chi connectivity index (χ4v) is 3.47. The molecule has 1 aromatic heterocycles. The molecule has 160 valence electrons. The zero-order chi connectivity index (χ0) is 22.5. The Hall–Kier alpha value is -3.99. The minimum absolute atomic E-state index is 0.0332. The molecule has 0 bridgehead atoms. The molecule has 32 heavy (non-hydrogen) atoms. The Morgan fingerprint density at radius 2 is 1.62 bits per heavy atom. The lowest BCUT2D eigenvalue weighted by atomic mass is 10.0. The average molecular weight is 424 g/mol. The van der Waals surface area contributed by atoms with E-state index in [0.29, 0.717) is 24.2 Å². The summed E-state index contributed by atoms with van der Waals surface area (Å²) in [5.41, 5.74) is 5.89. The smallest absolute Gasteiger partial charge is 0.252 e. The lowest BCUT2D eigenvalue weighted by molar-refractivity contribution is -0.115. The first-order valence-electron chi connectivity index (χ1n) is 10.7. The third kappa shape index (κ3) is 4.83. The highest BCUT2D eigenvalue weighted by atomic mass is 16.2. The Morgan fingerprint density at radius 3 is 2.34 bits per heavy atom. The number of amides is 2. The zero-order valence-electron chi connectivity index (χ0n) is 18.2. The van der Waals surface area contributed by atoms with Crippen molar-refractivity contribution in [1.29, 1.82) is 0 Å². The first kappa shape index (κ1) is 21.2. The molecule has 0 aliphatic carbocycles.